The summed E-state index contributed by atoms with van der Waals surface area (Å²) in [6, 6.07) is 4.40. The normalized spacial score (nSPS) is 11.0. The second-order valence-electron chi connectivity index (χ2n) is 6.71. The molecule has 0 radical (unpaired) electrons. The summed E-state index contributed by atoms with van der Waals surface area (Å²) in [5, 5.41) is 9.48. The van der Waals surface area contributed by atoms with E-state index in [2.05, 4.69) is 49.7 Å². The summed E-state index contributed by atoms with van der Waals surface area (Å²) >= 11 is 0. The molecule has 21 heavy (non-hydrogen) atoms. The van der Waals surface area contributed by atoms with Crippen LogP contribution < -0.4 is 4.90 Å². The fourth-order valence-electron chi connectivity index (χ4n) is 2.38. The van der Waals surface area contributed by atoms with Crippen LogP contribution in [0.1, 0.15) is 57.5 Å². The third-order valence-electron chi connectivity index (χ3n) is 3.71. The summed E-state index contributed by atoms with van der Waals surface area (Å²) < 4.78 is 0. The van der Waals surface area contributed by atoms with Gasteiger partial charge in [-0.25, -0.2) is 0 Å². The van der Waals surface area contributed by atoms with Gasteiger partial charge >= 0.3 is 0 Å². The van der Waals surface area contributed by atoms with Crippen molar-refractivity contribution < 1.29 is 0 Å². The molecule has 1 aromatic heterocycles. The number of aromatic nitrogens is 1. The average molecular weight is 287 g/mol. The topological polar surface area (TPSA) is 39.9 Å². The van der Waals surface area contributed by atoms with E-state index < -0.39 is 0 Å². The highest BCUT2D eigenvalue weighted by Crippen LogP contribution is 2.25. The highest BCUT2D eigenvalue weighted by atomic mass is 15.1. The molecule has 0 bridgehead atoms. The van der Waals surface area contributed by atoms with E-state index in [1.807, 2.05) is 13.8 Å². The maximum atomic E-state index is 9.48. The number of nitriles is 1. The van der Waals surface area contributed by atoms with Gasteiger partial charge in [0.05, 0.1) is 16.9 Å². The molecule has 0 spiro atoms. The fourth-order valence-corrected chi connectivity index (χ4v) is 2.38. The van der Waals surface area contributed by atoms with Crippen molar-refractivity contribution in [2.45, 2.75) is 54.4 Å². The molecule has 0 amide bonds. The van der Waals surface area contributed by atoms with E-state index in [1.165, 1.54) is 0 Å². The van der Waals surface area contributed by atoms with E-state index in [9.17, 15) is 5.26 Å². The summed E-state index contributed by atoms with van der Waals surface area (Å²) in [5.41, 5.74) is 3.61. The van der Waals surface area contributed by atoms with E-state index in [0.29, 0.717) is 11.8 Å². The Morgan fingerprint density at radius 1 is 1.10 bits per heavy atom. The van der Waals surface area contributed by atoms with Crippen LogP contribution in [0, 0.1) is 37.0 Å². The quantitative estimate of drug-likeness (QED) is 0.743. The summed E-state index contributed by atoms with van der Waals surface area (Å²) in [4.78, 5) is 6.80. The van der Waals surface area contributed by atoms with Crippen molar-refractivity contribution in [3.8, 4) is 6.07 Å². The molecule has 0 atom stereocenters. The minimum Gasteiger partial charge on any atom is -0.370 e. The van der Waals surface area contributed by atoms with Gasteiger partial charge in [-0.05, 0) is 44.6 Å². The lowest BCUT2D eigenvalue weighted by atomic mass is 10.1. The lowest BCUT2D eigenvalue weighted by Gasteiger charge is -2.28. The lowest BCUT2D eigenvalue weighted by Crippen LogP contribution is -2.28. The van der Waals surface area contributed by atoms with Gasteiger partial charge in [-0.15, -0.1) is 0 Å². The molecule has 0 unspecified atom stereocenters. The largest absolute Gasteiger partial charge is 0.370 e. The van der Waals surface area contributed by atoms with Crippen LogP contribution in [-0.4, -0.2) is 18.1 Å². The van der Waals surface area contributed by atoms with E-state index >= 15 is 0 Å². The van der Waals surface area contributed by atoms with E-state index in [-0.39, 0.29) is 0 Å². The Balaban J connectivity index is 3.09. The SMILES string of the molecule is Cc1cc(N(CCC(C)C)CCC(C)C)c(C#N)c(C)n1. The maximum Gasteiger partial charge on any atom is 0.103 e. The monoisotopic (exact) mass is 287 g/mol. The molecule has 1 aromatic rings. The molecule has 116 valence electrons. The van der Waals surface area contributed by atoms with Gasteiger partial charge in [0.1, 0.15) is 6.07 Å². The Bertz CT molecular complexity index is 486. The number of rotatable bonds is 7. The molecule has 0 fully saturated rings. The van der Waals surface area contributed by atoms with Gasteiger partial charge in [0, 0.05) is 18.8 Å². The second-order valence-corrected chi connectivity index (χ2v) is 6.71. The zero-order chi connectivity index (χ0) is 16.0. The van der Waals surface area contributed by atoms with E-state index in [4.69, 9.17) is 0 Å². The summed E-state index contributed by atoms with van der Waals surface area (Å²) in [7, 11) is 0. The van der Waals surface area contributed by atoms with Crippen molar-refractivity contribution in [3.63, 3.8) is 0 Å². The predicted octanol–water partition coefficient (Wildman–Crippen LogP) is 4.47. The standard InChI is InChI=1S/C18H29N3/c1-13(2)7-9-21(10-8-14(3)4)18-11-15(5)20-16(6)17(18)12-19/h11,13-14H,7-10H2,1-6H3. The van der Waals surface area contributed by atoms with Crippen LogP contribution in [0.4, 0.5) is 5.69 Å². The molecule has 3 heteroatoms. The van der Waals surface area contributed by atoms with E-state index in [1.54, 1.807) is 0 Å². The summed E-state index contributed by atoms with van der Waals surface area (Å²) in [6.07, 6.45) is 2.28. The predicted molar refractivity (Wildman–Crippen MR) is 89.5 cm³/mol. The van der Waals surface area contributed by atoms with Crippen molar-refractivity contribution >= 4 is 5.69 Å². The first-order chi connectivity index (χ1) is 9.85. The van der Waals surface area contributed by atoms with Gasteiger partial charge in [-0.1, -0.05) is 27.7 Å². The van der Waals surface area contributed by atoms with Crippen molar-refractivity contribution in [2.75, 3.05) is 18.0 Å². The summed E-state index contributed by atoms with van der Waals surface area (Å²) in [5.74, 6) is 1.34. The molecule has 0 N–H and O–H groups in total. The molecule has 0 aliphatic rings. The first-order valence-corrected chi connectivity index (χ1v) is 7.98. The van der Waals surface area contributed by atoms with Gasteiger partial charge < -0.3 is 4.90 Å². The van der Waals surface area contributed by atoms with Crippen molar-refractivity contribution in [2.24, 2.45) is 11.8 Å². The molecule has 1 rings (SSSR count). The van der Waals surface area contributed by atoms with E-state index in [0.717, 1.165) is 48.6 Å². The van der Waals surface area contributed by atoms with Crippen molar-refractivity contribution in [1.82, 2.24) is 4.98 Å². The maximum absolute atomic E-state index is 9.48. The summed E-state index contributed by atoms with van der Waals surface area (Å²) in [6.45, 7) is 14.9. The molecule has 0 aliphatic heterocycles. The molecule has 0 saturated carbocycles. The van der Waals surface area contributed by atoms with Crippen LogP contribution in [0.3, 0.4) is 0 Å². The highest BCUT2D eigenvalue weighted by Gasteiger charge is 2.15. The van der Waals surface area contributed by atoms with Gasteiger partial charge in [0.15, 0.2) is 0 Å². The zero-order valence-electron chi connectivity index (χ0n) is 14.4. The third-order valence-corrected chi connectivity index (χ3v) is 3.71. The second kappa shape index (κ2) is 8.02. The van der Waals surface area contributed by atoms with Crippen LogP contribution in [-0.2, 0) is 0 Å². The van der Waals surface area contributed by atoms with Gasteiger partial charge in [-0.3, -0.25) is 4.98 Å². The molecule has 0 saturated heterocycles. The number of anilines is 1. The third kappa shape index (κ3) is 5.38. The number of hydrogen-bond donors (Lipinski definition) is 0. The van der Waals surface area contributed by atoms with Crippen LogP contribution >= 0.6 is 0 Å². The molecule has 1 heterocycles. The Morgan fingerprint density at radius 2 is 1.62 bits per heavy atom. The smallest absolute Gasteiger partial charge is 0.103 e. The Hall–Kier alpha value is -1.56. The molecule has 0 aliphatic carbocycles. The molecule has 0 aromatic carbocycles. The first-order valence-electron chi connectivity index (χ1n) is 7.98. The van der Waals surface area contributed by atoms with Crippen LogP contribution in [0.15, 0.2) is 6.07 Å². The molecule has 3 nitrogen and oxygen atoms in total. The van der Waals surface area contributed by atoms with Crippen molar-refractivity contribution in [1.29, 1.82) is 5.26 Å². The number of aryl methyl sites for hydroxylation is 2. The van der Waals surface area contributed by atoms with Gasteiger partial charge in [0.2, 0.25) is 0 Å². The fraction of sp³-hybridized carbons (Fsp3) is 0.667. The zero-order valence-corrected chi connectivity index (χ0v) is 14.4. The number of nitrogens with zero attached hydrogens (tertiary/aromatic N) is 3. The van der Waals surface area contributed by atoms with Crippen LogP contribution in [0.5, 0.6) is 0 Å². The number of hydrogen-bond acceptors (Lipinski definition) is 3. The highest BCUT2D eigenvalue weighted by molar-refractivity contribution is 5.61. The van der Waals surface area contributed by atoms with Gasteiger partial charge in [0.25, 0.3) is 0 Å². The van der Waals surface area contributed by atoms with Gasteiger partial charge in [-0.2, -0.15) is 5.26 Å². The van der Waals surface area contributed by atoms with Crippen LogP contribution in [0.25, 0.3) is 0 Å². The minimum atomic E-state index is 0.668. The lowest BCUT2D eigenvalue weighted by molar-refractivity contribution is 0.535. The Labute approximate surface area is 130 Å². The number of pyridine rings is 1. The minimum absolute atomic E-state index is 0.668. The van der Waals surface area contributed by atoms with Crippen LogP contribution in [0.2, 0.25) is 0 Å². The average Bonchev–Trinajstić information content (AvgIpc) is 2.37. The molecular weight excluding hydrogens is 258 g/mol. The molecular formula is C18H29N3. The Kier molecular flexibility index (Phi) is 6.68. The first kappa shape index (κ1) is 17.5. The Morgan fingerprint density at radius 3 is 2.05 bits per heavy atom. The van der Waals surface area contributed by atoms with Crippen molar-refractivity contribution in [3.05, 3.63) is 23.0 Å².